The lowest BCUT2D eigenvalue weighted by Gasteiger charge is -2.27. The van der Waals surface area contributed by atoms with Gasteiger partial charge in [0.25, 0.3) is 0 Å². The number of hydrogen-bond acceptors (Lipinski definition) is 3. The molecule has 1 rings (SSSR count). The first-order valence-corrected chi connectivity index (χ1v) is 4.74. The lowest BCUT2D eigenvalue weighted by Crippen LogP contribution is -2.49. The fourth-order valence-electron chi connectivity index (χ4n) is 1.41. The van der Waals surface area contributed by atoms with Gasteiger partial charge in [0.15, 0.2) is 0 Å². The van der Waals surface area contributed by atoms with Crippen LogP contribution in [-0.4, -0.2) is 70.2 Å². The molecule has 0 amide bonds. The van der Waals surface area contributed by atoms with Crippen molar-refractivity contribution >= 4 is 0 Å². The van der Waals surface area contributed by atoms with Crippen LogP contribution in [0.4, 0.5) is 0 Å². The molecule has 0 aromatic rings. The van der Waals surface area contributed by atoms with Crippen molar-refractivity contribution in [3.8, 4) is 0 Å². The summed E-state index contributed by atoms with van der Waals surface area (Å²) in [4.78, 5) is 7.18. The van der Waals surface area contributed by atoms with Crippen molar-refractivity contribution in [1.29, 1.82) is 0 Å². The summed E-state index contributed by atoms with van der Waals surface area (Å²) in [6.07, 6.45) is 0. The van der Waals surface area contributed by atoms with Crippen LogP contribution in [0.15, 0.2) is 0 Å². The molecule has 0 aromatic heterocycles. The van der Waals surface area contributed by atoms with E-state index >= 15 is 0 Å². The Morgan fingerprint density at radius 2 is 1.83 bits per heavy atom. The molecule has 3 heteroatoms. The topological polar surface area (TPSA) is 12.4 Å². The highest BCUT2D eigenvalue weighted by molar-refractivity contribution is 4.72. The van der Waals surface area contributed by atoms with Crippen LogP contribution in [0.2, 0.25) is 0 Å². The van der Waals surface area contributed by atoms with Crippen molar-refractivity contribution in [1.82, 2.24) is 14.7 Å². The Bertz CT molecular complexity index is 117. The van der Waals surface area contributed by atoms with Crippen LogP contribution in [0.25, 0.3) is 0 Å². The molecule has 0 N–H and O–H groups in total. The lowest BCUT2D eigenvalue weighted by atomic mass is 10.3. The molecule has 1 saturated heterocycles. The molecule has 3 nitrogen and oxygen atoms in total. The maximum Gasteiger partial charge on any atom is 0.135 e. The summed E-state index contributed by atoms with van der Waals surface area (Å²) in [5.41, 5.74) is 0. The molecule has 71 valence electrons. The van der Waals surface area contributed by atoms with Gasteiger partial charge in [0.05, 0.1) is 13.1 Å². The van der Waals surface area contributed by atoms with Crippen molar-refractivity contribution in [2.45, 2.75) is 0 Å². The molecule has 1 fully saturated rings. The van der Waals surface area contributed by atoms with Gasteiger partial charge in [-0.15, -0.1) is 0 Å². The Morgan fingerprint density at radius 3 is 2.33 bits per heavy atom. The smallest absolute Gasteiger partial charge is 0.135 e. The summed E-state index contributed by atoms with van der Waals surface area (Å²) in [6.45, 7) is 7.35. The highest BCUT2D eigenvalue weighted by Crippen LogP contribution is 1.96. The summed E-state index contributed by atoms with van der Waals surface area (Å²) in [5, 5.41) is 0. The van der Waals surface area contributed by atoms with Crippen molar-refractivity contribution in [2.75, 3.05) is 60.4 Å². The van der Waals surface area contributed by atoms with Gasteiger partial charge in [-0.1, -0.05) is 0 Å². The zero-order valence-electron chi connectivity index (χ0n) is 8.58. The SMILES string of the molecule is CN(C)CCN1CC[N+](C)CC1. The molecule has 0 unspecified atom stereocenters. The molecule has 12 heavy (non-hydrogen) atoms. The van der Waals surface area contributed by atoms with E-state index in [4.69, 9.17) is 0 Å². The van der Waals surface area contributed by atoms with Gasteiger partial charge in [-0.2, -0.15) is 4.90 Å². The molecule has 0 aliphatic carbocycles. The Balaban J connectivity index is 2.09. The maximum absolute atomic E-state index is 2.54. The number of hydrogen-bond donors (Lipinski definition) is 0. The Morgan fingerprint density at radius 1 is 1.25 bits per heavy atom. The van der Waals surface area contributed by atoms with Crippen LogP contribution in [0.3, 0.4) is 0 Å². The number of rotatable bonds is 3. The Hall–Kier alpha value is -0.120. The zero-order valence-corrected chi connectivity index (χ0v) is 8.58. The molecule has 0 aromatic carbocycles. The second kappa shape index (κ2) is 4.80. The quantitative estimate of drug-likeness (QED) is 0.537. The van der Waals surface area contributed by atoms with Gasteiger partial charge < -0.3 is 4.90 Å². The molecule has 0 atom stereocenters. The van der Waals surface area contributed by atoms with Crippen LogP contribution in [0, 0.1) is 0 Å². The van der Waals surface area contributed by atoms with E-state index in [1.165, 1.54) is 39.3 Å². The minimum Gasteiger partial charge on any atom is -0.308 e. The summed E-state index contributed by atoms with van der Waals surface area (Å²) in [7, 11) is 6.47. The van der Waals surface area contributed by atoms with Gasteiger partial charge in [0.1, 0.15) is 20.1 Å². The fraction of sp³-hybridized carbons (Fsp3) is 1.00. The molecular formula is C9H21N3+. The second-order valence-corrected chi connectivity index (χ2v) is 3.95. The standard InChI is InChI=1S/C9H21N3/c1-10(2)4-7-12-8-5-11(3)6-9-12/h4-9H2,1-3H3/q+1. The van der Waals surface area contributed by atoms with Gasteiger partial charge >= 0.3 is 0 Å². The second-order valence-electron chi connectivity index (χ2n) is 3.95. The first-order valence-electron chi connectivity index (χ1n) is 4.74. The maximum atomic E-state index is 2.54. The summed E-state index contributed by atoms with van der Waals surface area (Å²) >= 11 is 0. The van der Waals surface area contributed by atoms with E-state index < -0.39 is 0 Å². The summed E-state index contributed by atoms with van der Waals surface area (Å²) in [6, 6.07) is 0. The van der Waals surface area contributed by atoms with Crippen molar-refractivity contribution in [3.63, 3.8) is 0 Å². The van der Waals surface area contributed by atoms with E-state index in [0.717, 1.165) is 0 Å². The number of likely N-dealkylation sites (N-methyl/N-ethyl adjacent to an activating group) is 2. The molecule has 0 bridgehead atoms. The van der Waals surface area contributed by atoms with E-state index in [9.17, 15) is 0 Å². The van der Waals surface area contributed by atoms with Gasteiger partial charge in [-0.05, 0) is 14.1 Å². The van der Waals surface area contributed by atoms with E-state index in [1.807, 2.05) is 0 Å². The molecule has 1 aliphatic rings. The average molecular weight is 171 g/mol. The van der Waals surface area contributed by atoms with Gasteiger partial charge in [0, 0.05) is 13.1 Å². The van der Waals surface area contributed by atoms with E-state index in [2.05, 4.69) is 35.8 Å². The lowest BCUT2D eigenvalue weighted by molar-refractivity contribution is 0.186. The Labute approximate surface area is 75.9 Å². The predicted molar refractivity (Wildman–Crippen MR) is 52.8 cm³/mol. The van der Waals surface area contributed by atoms with Crippen LogP contribution >= 0.6 is 0 Å². The van der Waals surface area contributed by atoms with E-state index in [0.29, 0.717) is 0 Å². The molecule has 1 heterocycles. The third kappa shape index (κ3) is 3.52. The first kappa shape index (κ1) is 9.96. The third-order valence-corrected chi connectivity index (χ3v) is 2.46. The highest BCUT2D eigenvalue weighted by Gasteiger charge is 2.19. The number of nitrogens with zero attached hydrogens (tertiary/aromatic N) is 3. The molecule has 0 saturated carbocycles. The summed E-state index contributed by atoms with van der Waals surface area (Å²) in [5.74, 6) is 0. The van der Waals surface area contributed by atoms with Crippen LogP contribution in [-0.2, 0) is 0 Å². The van der Waals surface area contributed by atoms with E-state index in [-0.39, 0.29) is 0 Å². The minimum absolute atomic E-state index is 1.18. The molecular weight excluding hydrogens is 150 g/mol. The van der Waals surface area contributed by atoms with Gasteiger partial charge in [0.2, 0.25) is 0 Å². The van der Waals surface area contributed by atoms with Crippen molar-refractivity contribution in [2.24, 2.45) is 0 Å². The van der Waals surface area contributed by atoms with Crippen molar-refractivity contribution in [3.05, 3.63) is 0 Å². The Kier molecular flexibility index (Phi) is 3.98. The molecule has 1 aliphatic heterocycles. The van der Waals surface area contributed by atoms with Crippen LogP contribution in [0.5, 0.6) is 0 Å². The largest absolute Gasteiger partial charge is 0.308 e. The van der Waals surface area contributed by atoms with Crippen LogP contribution in [0.1, 0.15) is 0 Å². The monoisotopic (exact) mass is 171 g/mol. The normalized spacial score (nSPS) is 22.0. The average Bonchev–Trinajstić information content (AvgIpc) is 2.03. The summed E-state index contributed by atoms with van der Waals surface area (Å²) < 4.78 is 0. The van der Waals surface area contributed by atoms with Gasteiger partial charge in [-0.25, -0.2) is 0 Å². The highest BCUT2D eigenvalue weighted by atomic mass is 15.3. The predicted octanol–water partition coefficient (Wildman–Crippen LogP) is -0.366. The van der Waals surface area contributed by atoms with Crippen LogP contribution < -0.4 is 4.90 Å². The van der Waals surface area contributed by atoms with Gasteiger partial charge in [-0.3, -0.25) is 4.90 Å². The zero-order chi connectivity index (χ0) is 8.97. The molecule has 0 spiro atoms. The van der Waals surface area contributed by atoms with E-state index in [1.54, 1.807) is 0 Å². The molecule has 1 radical (unpaired) electrons. The van der Waals surface area contributed by atoms with Crippen molar-refractivity contribution < 1.29 is 0 Å². The number of piperazine rings is 1. The minimum atomic E-state index is 1.18. The first-order chi connectivity index (χ1) is 5.68. The fourth-order valence-corrected chi connectivity index (χ4v) is 1.41. The third-order valence-electron chi connectivity index (χ3n) is 2.46.